The molecule has 1 aromatic carbocycles. The molecule has 0 aliphatic carbocycles. The van der Waals surface area contributed by atoms with Gasteiger partial charge in [-0.05, 0) is 18.6 Å². The van der Waals surface area contributed by atoms with Crippen molar-refractivity contribution in [2.24, 2.45) is 0 Å². The van der Waals surface area contributed by atoms with Crippen molar-refractivity contribution in [1.29, 1.82) is 0 Å². The van der Waals surface area contributed by atoms with Crippen molar-refractivity contribution in [3.8, 4) is 0 Å². The van der Waals surface area contributed by atoms with E-state index in [4.69, 9.17) is 11.6 Å². The standard InChI is InChI=1S/C12H11ClN2OS/c1-8(13)9-4-2-3-5-10(9)15-12(16)11-6-14-7-17-11/h2-8H,1H3,(H,15,16). The molecule has 0 spiro atoms. The molecule has 1 N–H and O–H groups in total. The number of thiazole rings is 1. The topological polar surface area (TPSA) is 42.0 Å². The van der Waals surface area contributed by atoms with Crippen LogP contribution < -0.4 is 5.32 Å². The van der Waals surface area contributed by atoms with Crippen LogP contribution >= 0.6 is 22.9 Å². The molecular formula is C12H11ClN2OS. The number of anilines is 1. The lowest BCUT2D eigenvalue weighted by atomic mass is 10.1. The summed E-state index contributed by atoms with van der Waals surface area (Å²) < 4.78 is 0. The molecule has 17 heavy (non-hydrogen) atoms. The molecule has 88 valence electrons. The third kappa shape index (κ3) is 2.84. The van der Waals surface area contributed by atoms with Crippen LogP contribution in [-0.2, 0) is 0 Å². The monoisotopic (exact) mass is 266 g/mol. The summed E-state index contributed by atoms with van der Waals surface area (Å²) in [7, 11) is 0. The van der Waals surface area contributed by atoms with Gasteiger partial charge in [-0.1, -0.05) is 18.2 Å². The van der Waals surface area contributed by atoms with Crippen molar-refractivity contribution in [2.75, 3.05) is 5.32 Å². The van der Waals surface area contributed by atoms with Crippen molar-refractivity contribution >= 4 is 34.5 Å². The number of benzene rings is 1. The maximum atomic E-state index is 11.9. The second-order valence-electron chi connectivity index (χ2n) is 3.52. The van der Waals surface area contributed by atoms with Gasteiger partial charge in [-0.2, -0.15) is 0 Å². The van der Waals surface area contributed by atoms with Gasteiger partial charge in [0, 0.05) is 5.69 Å². The van der Waals surface area contributed by atoms with Crippen LogP contribution in [0.2, 0.25) is 0 Å². The molecule has 5 heteroatoms. The molecule has 2 rings (SSSR count). The molecule has 0 aliphatic rings. The number of para-hydroxylation sites is 1. The third-order valence-corrected chi connectivity index (χ3v) is 3.30. The van der Waals surface area contributed by atoms with Crippen LogP contribution in [0.25, 0.3) is 0 Å². The van der Waals surface area contributed by atoms with Gasteiger partial charge in [-0.3, -0.25) is 9.78 Å². The molecule has 1 unspecified atom stereocenters. The Morgan fingerprint density at radius 2 is 2.24 bits per heavy atom. The molecule has 0 aliphatic heterocycles. The number of carbonyl (C=O) groups is 1. The maximum Gasteiger partial charge on any atom is 0.267 e. The number of hydrogen-bond acceptors (Lipinski definition) is 3. The number of aromatic nitrogens is 1. The van der Waals surface area contributed by atoms with E-state index in [-0.39, 0.29) is 11.3 Å². The predicted molar refractivity (Wildman–Crippen MR) is 70.8 cm³/mol. The zero-order valence-corrected chi connectivity index (χ0v) is 10.8. The minimum atomic E-state index is -0.155. The van der Waals surface area contributed by atoms with Crippen molar-refractivity contribution in [1.82, 2.24) is 4.98 Å². The van der Waals surface area contributed by atoms with Gasteiger partial charge in [0.05, 0.1) is 17.1 Å². The molecule has 0 saturated carbocycles. The fourth-order valence-electron chi connectivity index (χ4n) is 1.47. The van der Waals surface area contributed by atoms with Gasteiger partial charge < -0.3 is 5.32 Å². The quantitative estimate of drug-likeness (QED) is 0.861. The highest BCUT2D eigenvalue weighted by Crippen LogP contribution is 2.27. The number of alkyl halides is 1. The summed E-state index contributed by atoms with van der Waals surface area (Å²) >= 11 is 7.36. The zero-order chi connectivity index (χ0) is 12.3. The highest BCUT2D eigenvalue weighted by molar-refractivity contribution is 7.11. The largest absolute Gasteiger partial charge is 0.321 e. The molecular weight excluding hydrogens is 256 g/mol. The van der Waals surface area contributed by atoms with Gasteiger partial charge >= 0.3 is 0 Å². The maximum absolute atomic E-state index is 11.9. The zero-order valence-electron chi connectivity index (χ0n) is 9.18. The Kier molecular flexibility index (Phi) is 3.76. The van der Waals surface area contributed by atoms with Crippen LogP contribution in [0.15, 0.2) is 36.0 Å². The predicted octanol–water partition coefficient (Wildman–Crippen LogP) is 3.70. The van der Waals surface area contributed by atoms with Gasteiger partial charge in [0.1, 0.15) is 4.88 Å². The lowest BCUT2D eigenvalue weighted by Crippen LogP contribution is -2.11. The molecule has 0 saturated heterocycles. The fraction of sp³-hybridized carbons (Fsp3) is 0.167. The van der Waals surface area contributed by atoms with Gasteiger partial charge in [-0.25, -0.2) is 0 Å². The Bertz CT molecular complexity index is 511. The molecule has 3 nitrogen and oxygen atoms in total. The number of carbonyl (C=O) groups excluding carboxylic acids is 1. The number of halogens is 1. The van der Waals surface area contributed by atoms with Crippen molar-refractivity contribution in [2.45, 2.75) is 12.3 Å². The van der Waals surface area contributed by atoms with Crippen molar-refractivity contribution < 1.29 is 4.79 Å². The van der Waals surface area contributed by atoms with Gasteiger partial charge in [0.15, 0.2) is 0 Å². The summed E-state index contributed by atoms with van der Waals surface area (Å²) in [6.07, 6.45) is 1.55. The minimum absolute atomic E-state index is 0.145. The average molecular weight is 267 g/mol. The van der Waals surface area contributed by atoms with E-state index in [2.05, 4.69) is 10.3 Å². The summed E-state index contributed by atoms with van der Waals surface area (Å²) in [5.41, 5.74) is 3.28. The molecule has 2 aromatic rings. The van der Waals surface area contributed by atoms with E-state index in [1.165, 1.54) is 11.3 Å². The highest BCUT2D eigenvalue weighted by atomic mass is 35.5. The smallest absolute Gasteiger partial charge is 0.267 e. The lowest BCUT2D eigenvalue weighted by molar-refractivity contribution is 0.103. The van der Waals surface area contributed by atoms with E-state index < -0.39 is 0 Å². The number of rotatable bonds is 3. The van der Waals surface area contributed by atoms with Gasteiger partial charge in [0.25, 0.3) is 5.91 Å². The average Bonchev–Trinajstić information content (AvgIpc) is 2.83. The molecule has 0 fully saturated rings. The Morgan fingerprint density at radius 3 is 2.88 bits per heavy atom. The number of nitrogens with one attached hydrogen (secondary N) is 1. The molecule has 0 bridgehead atoms. The van der Waals surface area contributed by atoms with E-state index >= 15 is 0 Å². The fourth-order valence-corrected chi connectivity index (χ4v) is 2.17. The first-order valence-electron chi connectivity index (χ1n) is 5.11. The summed E-state index contributed by atoms with van der Waals surface area (Å²) in [5.74, 6) is -0.155. The van der Waals surface area contributed by atoms with E-state index in [0.29, 0.717) is 4.88 Å². The minimum Gasteiger partial charge on any atom is -0.321 e. The van der Waals surface area contributed by atoms with Crippen LogP contribution in [0, 0.1) is 0 Å². The Hall–Kier alpha value is -1.39. The van der Waals surface area contributed by atoms with E-state index in [1.54, 1.807) is 11.7 Å². The van der Waals surface area contributed by atoms with Crippen LogP contribution in [0.1, 0.15) is 27.5 Å². The molecule has 1 heterocycles. The highest BCUT2D eigenvalue weighted by Gasteiger charge is 2.12. The molecule has 0 radical (unpaired) electrons. The molecule has 1 amide bonds. The van der Waals surface area contributed by atoms with Crippen LogP contribution in [0.4, 0.5) is 5.69 Å². The normalized spacial score (nSPS) is 12.1. The summed E-state index contributed by atoms with van der Waals surface area (Å²) in [6.45, 7) is 1.87. The second kappa shape index (κ2) is 5.29. The van der Waals surface area contributed by atoms with Crippen molar-refractivity contribution in [3.63, 3.8) is 0 Å². The van der Waals surface area contributed by atoms with Crippen LogP contribution in [-0.4, -0.2) is 10.9 Å². The van der Waals surface area contributed by atoms with Crippen LogP contribution in [0.3, 0.4) is 0 Å². The summed E-state index contributed by atoms with van der Waals surface area (Å²) in [6, 6.07) is 7.51. The Morgan fingerprint density at radius 1 is 1.47 bits per heavy atom. The van der Waals surface area contributed by atoms with Crippen molar-refractivity contribution in [3.05, 3.63) is 46.4 Å². The summed E-state index contributed by atoms with van der Waals surface area (Å²) in [5, 5.41) is 2.70. The summed E-state index contributed by atoms with van der Waals surface area (Å²) in [4.78, 5) is 16.3. The number of amides is 1. The first-order chi connectivity index (χ1) is 8.18. The lowest BCUT2D eigenvalue weighted by Gasteiger charge is -2.11. The van der Waals surface area contributed by atoms with E-state index in [0.717, 1.165) is 11.3 Å². The molecule has 1 atom stereocenters. The van der Waals surface area contributed by atoms with Crippen LogP contribution in [0.5, 0.6) is 0 Å². The SMILES string of the molecule is CC(Cl)c1ccccc1NC(=O)c1cncs1. The number of hydrogen-bond donors (Lipinski definition) is 1. The third-order valence-electron chi connectivity index (χ3n) is 2.29. The first kappa shape index (κ1) is 12.1. The Balaban J connectivity index is 2.22. The van der Waals surface area contributed by atoms with E-state index in [9.17, 15) is 4.79 Å². The Labute approximate surface area is 108 Å². The second-order valence-corrected chi connectivity index (χ2v) is 5.06. The van der Waals surface area contributed by atoms with E-state index in [1.807, 2.05) is 31.2 Å². The molecule has 1 aromatic heterocycles. The van der Waals surface area contributed by atoms with Gasteiger partial charge in [-0.15, -0.1) is 22.9 Å². The van der Waals surface area contributed by atoms with Gasteiger partial charge in [0.2, 0.25) is 0 Å². The number of nitrogens with zero attached hydrogens (tertiary/aromatic N) is 1. The first-order valence-corrected chi connectivity index (χ1v) is 6.43.